The van der Waals surface area contributed by atoms with E-state index in [0.717, 1.165) is 57.8 Å². The van der Waals surface area contributed by atoms with Crippen LogP contribution >= 0.6 is 7.82 Å². The van der Waals surface area contributed by atoms with E-state index in [4.69, 9.17) is 18.5 Å². The number of carbonyl (C=O) groups is 2. The lowest BCUT2D eigenvalue weighted by molar-refractivity contribution is -0.870. The average molecular weight is 807 g/mol. The van der Waals surface area contributed by atoms with Crippen molar-refractivity contribution in [3.63, 3.8) is 0 Å². The molecule has 0 aliphatic carbocycles. The molecule has 0 rings (SSSR count). The number of likely N-dealkylation sites (N-methyl/N-ethyl adjacent to an activating group) is 1. The van der Waals surface area contributed by atoms with E-state index in [1.54, 1.807) is 6.08 Å². The quantitative estimate of drug-likeness (QED) is 0.0216. The summed E-state index contributed by atoms with van der Waals surface area (Å²) >= 11 is 0. The zero-order valence-electron chi connectivity index (χ0n) is 36.1. The summed E-state index contributed by atoms with van der Waals surface area (Å²) in [6.07, 6.45) is 47.0. The highest BCUT2D eigenvalue weighted by atomic mass is 31.2. The molecule has 0 aromatic rings. The number of ether oxygens (including phenoxy) is 2. The Morgan fingerprint density at radius 1 is 0.589 bits per heavy atom. The molecule has 0 bridgehead atoms. The summed E-state index contributed by atoms with van der Waals surface area (Å²) in [6.45, 7) is 4.17. The van der Waals surface area contributed by atoms with Crippen molar-refractivity contribution < 1.29 is 42.1 Å². The molecule has 9 nitrogen and oxygen atoms in total. The molecular weight excluding hydrogens is 725 g/mol. The van der Waals surface area contributed by atoms with Crippen LogP contribution in [0.5, 0.6) is 0 Å². The molecule has 0 aliphatic rings. The molecule has 1 N–H and O–H groups in total. The van der Waals surface area contributed by atoms with E-state index < -0.39 is 32.5 Å². The minimum absolute atomic E-state index is 0.00467. The van der Waals surface area contributed by atoms with E-state index in [1.807, 2.05) is 33.3 Å². The van der Waals surface area contributed by atoms with Crippen LogP contribution in [0.15, 0.2) is 72.9 Å². The predicted octanol–water partition coefficient (Wildman–Crippen LogP) is 12.2. The Labute approximate surface area is 342 Å². The molecule has 0 aromatic heterocycles. The molecule has 2 atom stereocenters. The molecule has 322 valence electrons. The highest BCUT2D eigenvalue weighted by Gasteiger charge is 2.26. The van der Waals surface area contributed by atoms with Crippen molar-refractivity contribution >= 4 is 19.8 Å². The minimum atomic E-state index is -4.40. The van der Waals surface area contributed by atoms with Crippen molar-refractivity contribution in [2.75, 3.05) is 47.5 Å². The van der Waals surface area contributed by atoms with Crippen molar-refractivity contribution in [3.8, 4) is 0 Å². The number of hydrogen-bond acceptors (Lipinski definition) is 7. The molecule has 56 heavy (non-hydrogen) atoms. The highest BCUT2D eigenvalue weighted by Crippen LogP contribution is 2.43. The summed E-state index contributed by atoms with van der Waals surface area (Å²) in [5, 5.41) is 0. The Hall–Kier alpha value is -2.55. The van der Waals surface area contributed by atoms with Gasteiger partial charge in [-0.05, 0) is 64.2 Å². The van der Waals surface area contributed by atoms with Gasteiger partial charge in [0.25, 0.3) is 0 Å². The maximum atomic E-state index is 12.6. The molecule has 0 aliphatic heterocycles. The molecule has 0 aromatic carbocycles. The van der Waals surface area contributed by atoms with Crippen LogP contribution in [-0.4, -0.2) is 74.9 Å². The monoisotopic (exact) mass is 807 g/mol. The number of esters is 2. The Morgan fingerprint density at radius 2 is 1.07 bits per heavy atom. The van der Waals surface area contributed by atoms with Crippen LogP contribution in [-0.2, 0) is 32.7 Å². The van der Waals surface area contributed by atoms with Crippen molar-refractivity contribution in [1.82, 2.24) is 0 Å². The van der Waals surface area contributed by atoms with Gasteiger partial charge in [-0.1, -0.05) is 151 Å². The molecule has 0 spiro atoms. The molecule has 2 unspecified atom stereocenters. The molecule has 0 heterocycles. The van der Waals surface area contributed by atoms with Crippen molar-refractivity contribution in [2.45, 2.75) is 161 Å². The molecule has 0 saturated heterocycles. The van der Waals surface area contributed by atoms with Gasteiger partial charge in [0, 0.05) is 6.42 Å². The van der Waals surface area contributed by atoms with Crippen LogP contribution in [0.4, 0.5) is 0 Å². The van der Waals surface area contributed by atoms with E-state index in [-0.39, 0.29) is 26.1 Å². The van der Waals surface area contributed by atoms with Crippen LogP contribution in [0.1, 0.15) is 155 Å². The average Bonchev–Trinajstić information content (AvgIpc) is 3.15. The van der Waals surface area contributed by atoms with E-state index in [1.165, 1.54) is 64.2 Å². The Balaban J connectivity index is 4.50. The number of unbranched alkanes of at least 4 members (excludes halogenated alkanes) is 13. The number of quaternary nitrogens is 1. The molecule has 10 heteroatoms. The summed E-state index contributed by atoms with van der Waals surface area (Å²) in [7, 11) is 1.41. The molecule has 0 radical (unpaired) electrons. The second-order valence-corrected chi connectivity index (χ2v) is 16.8. The van der Waals surface area contributed by atoms with Crippen LogP contribution in [0.3, 0.4) is 0 Å². The maximum absolute atomic E-state index is 12.6. The number of nitrogens with zero attached hydrogens (tertiary/aromatic N) is 1. The summed E-state index contributed by atoms with van der Waals surface area (Å²) in [5.74, 6) is -0.957. The van der Waals surface area contributed by atoms with Gasteiger partial charge in [-0.15, -0.1) is 0 Å². The second kappa shape index (κ2) is 38.0. The normalized spacial score (nSPS) is 14.3. The van der Waals surface area contributed by atoms with Gasteiger partial charge in [0.2, 0.25) is 0 Å². The lowest BCUT2D eigenvalue weighted by atomic mass is 10.1. The Bertz CT molecular complexity index is 1180. The fraction of sp³-hybridized carbons (Fsp3) is 0.696. The molecule has 0 amide bonds. The number of hydrogen-bond donors (Lipinski definition) is 1. The Morgan fingerprint density at radius 3 is 1.59 bits per heavy atom. The fourth-order valence-electron chi connectivity index (χ4n) is 5.38. The number of rotatable bonds is 38. The van der Waals surface area contributed by atoms with Crippen molar-refractivity contribution in [3.05, 3.63) is 72.9 Å². The smallest absolute Gasteiger partial charge is 0.462 e. The van der Waals surface area contributed by atoms with Gasteiger partial charge >= 0.3 is 19.8 Å². The summed E-state index contributed by atoms with van der Waals surface area (Å²) in [4.78, 5) is 35.3. The standard InChI is InChI=1S/C46H80NO8P/c1-6-8-10-12-14-16-18-20-22-23-25-26-28-30-32-34-36-38-45(48)52-42-44(43-54-56(50,51)53-41-40-47(3,4)5)55-46(49)39-37-35-33-31-29-27-24-21-19-17-15-13-11-9-7-2/h9,11,15,17,20-22,24,29,31,35,37,44H,6-8,10,12-14,16,18-19,23,25-28,30,32-34,36,38-43H2,1-5H3/p+1/b11-9-,17-15-,22-20-,24-21-,31-29-,37-35-. The fourth-order valence-corrected chi connectivity index (χ4v) is 6.12. The van der Waals surface area contributed by atoms with E-state index in [9.17, 15) is 19.0 Å². The van der Waals surface area contributed by atoms with Crippen molar-refractivity contribution in [1.29, 1.82) is 0 Å². The molecule has 0 fully saturated rings. The van der Waals surface area contributed by atoms with Gasteiger partial charge in [-0.25, -0.2) is 4.57 Å². The van der Waals surface area contributed by atoms with Gasteiger partial charge in [-0.2, -0.15) is 0 Å². The minimum Gasteiger partial charge on any atom is -0.462 e. The van der Waals surface area contributed by atoms with Gasteiger partial charge in [0.15, 0.2) is 6.10 Å². The molecule has 0 saturated carbocycles. The van der Waals surface area contributed by atoms with Crippen LogP contribution in [0.25, 0.3) is 0 Å². The zero-order valence-corrected chi connectivity index (χ0v) is 37.0. The van der Waals surface area contributed by atoms with Crippen LogP contribution < -0.4 is 0 Å². The van der Waals surface area contributed by atoms with E-state index >= 15 is 0 Å². The third kappa shape index (κ3) is 41.1. The largest absolute Gasteiger partial charge is 0.472 e. The number of phosphoric ester groups is 1. The number of carbonyl (C=O) groups excluding carboxylic acids is 2. The molecular formula is C46H81NO8P+. The number of allylic oxidation sites excluding steroid dienone is 11. The first-order valence-corrected chi connectivity index (χ1v) is 23.2. The lowest BCUT2D eigenvalue weighted by Crippen LogP contribution is -2.37. The lowest BCUT2D eigenvalue weighted by Gasteiger charge is -2.24. The first kappa shape index (κ1) is 53.5. The van der Waals surface area contributed by atoms with E-state index in [2.05, 4.69) is 68.5 Å². The van der Waals surface area contributed by atoms with Gasteiger partial charge < -0.3 is 18.9 Å². The van der Waals surface area contributed by atoms with Gasteiger partial charge in [0.1, 0.15) is 19.8 Å². The SMILES string of the molecule is CC/C=C\C/C=C\C/C=C\C/C=C\C/C=C\CC(=O)OC(COC(=O)CCCCCCCCC/C=C\CCCCCCCC)COP(=O)(O)OCC[N+](C)(C)C. The first-order chi connectivity index (χ1) is 27.0. The van der Waals surface area contributed by atoms with Gasteiger partial charge in [0.05, 0.1) is 34.2 Å². The summed E-state index contributed by atoms with van der Waals surface area (Å²) in [5.41, 5.74) is 0. The number of phosphoric acid groups is 1. The van der Waals surface area contributed by atoms with Crippen LogP contribution in [0, 0.1) is 0 Å². The van der Waals surface area contributed by atoms with Gasteiger partial charge in [-0.3, -0.25) is 18.6 Å². The van der Waals surface area contributed by atoms with Crippen LogP contribution in [0.2, 0.25) is 0 Å². The summed E-state index contributed by atoms with van der Waals surface area (Å²) in [6, 6.07) is 0. The highest BCUT2D eigenvalue weighted by molar-refractivity contribution is 7.47. The second-order valence-electron chi connectivity index (χ2n) is 15.4. The third-order valence-corrected chi connectivity index (χ3v) is 9.74. The zero-order chi connectivity index (χ0) is 41.4. The van der Waals surface area contributed by atoms with E-state index in [0.29, 0.717) is 17.4 Å². The first-order valence-electron chi connectivity index (χ1n) is 21.7. The topological polar surface area (TPSA) is 108 Å². The summed E-state index contributed by atoms with van der Waals surface area (Å²) < 4.78 is 34.1. The Kier molecular flexibility index (Phi) is 36.3. The van der Waals surface area contributed by atoms with Crippen molar-refractivity contribution in [2.24, 2.45) is 0 Å². The maximum Gasteiger partial charge on any atom is 0.472 e. The third-order valence-electron chi connectivity index (χ3n) is 8.75. The predicted molar refractivity (Wildman–Crippen MR) is 233 cm³/mol.